The van der Waals surface area contributed by atoms with Gasteiger partial charge in [0.15, 0.2) is 14.1 Å². The predicted octanol–water partition coefficient (Wildman–Crippen LogP) is 7.74. The van der Waals surface area contributed by atoms with Gasteiger partial charge in [-0.2, -0.15) is 0 Å². The summed E-state index contributed by atoms with van der Waals surface area (Å²) in [6.45, 7) is 27.5. The molecule has 0 heterocycles. The van der Waals surface area contributed by atoms with Gasteiger partial charge in [0.05, 0.1) is 11.5 Å². The van der Waals surface area contributed by atoms with Gasteiger partial charge < -0.3 is 8.85 Å². The number of carbonyl (C=O) groups excluding carboxylic acids is 1. The summed E-state index contributed by atoms with van der Waals surface area (Å²) in [5.41, 5.74) is 5.14. The minimum Gasteiger partial charge on any atom is -0.416 e. The molecule has 0 aromatic heterocycles. The Bertz CT molecular complexity index is 885. The average molecular weight is 516 g/mol. The molecule has 0 saturated carbocycles. The van der Waals surface area contributed by atoms with Crippen molar-refractivity contribution in [2.45, 2.75) is 119 Å². The van der Waals surface area contributed by atoms with E-state index in [4.69, 9.17) is 8.85 Å². The summed E-state index contributed by atoms with van der Waals surface area (Å²) >= 11 is 0. The first-order valence-corrected chi connectivity index (χ1v) is 16.8. The van der Waals surface area contributed by atoms with Crippen molar-refractivity contribution in [1.82, 2.24) is 0 Å². The molecule has 3 radical (unpaired) electrons. The molecule has 0 spiro atoms. The van der Waals surface area contributed by atoms with E-state index in [1.807, 2.05) is 0 Å². The summed E-state index contributed by atoms with van der Waals surface area (Å²) < 4.78 is 12.8. The van der Waals surface area contributed by atoms with Crippen LogP contribution < -0.4 is 0 Å². The summed E-state index contributed by atoms with van der Waals surface area (Å²) in [6.07, 6.45) is 0.745. The van der Waals surface area contributed by atoms with Crippen molar-refractivity contribution in [1.29, 1.82) is 0 Å². The Hall–Kier alpha value is -0.756. The summed E-state index contributed by atoms with van der Waals surface area (Å²) in [5.74, 6) is 1.24. The van der Waals surface area contributed by atoms with Crippen molar-refractivity contribution < 1.29 is 13.6 Å². The molecule has 0 aliphatic heterocycles. The molecule has 0 N–H and O–H groups in total. The van der Waals surface area contributed by atoms with Crippen LogP contribution in [-0.2, 0) is 20.7 Å². The summed E-state index contributed by atoms with van der Waals surface area (Å²) in [7, 11) is 1.70. The fourth-order valence-corrected chi connectivity index (χ4v) is 10.5. The van der Waals surface area contributed by atoms with Crippen molar-refractivity contribution in [3.05, 3.63) is 33.9 Å². The Labute approximate surface area is 220 Å². The molecule has 0 saturated heterocycles. The number of Topliss-reactive ketones (excluding diaryl/α,β-unsaturated/α-hetero) is 1. The molecule has 0 fully saturated rings. The Morgan fingerprint density at radius 1 is 1.03 bits per heavy atom. The molecule has 2 unspecified atom stereocenters. The molecule has 3 nitrogen and oxygen atoms in total. The van der Waals surface area contributed by atoms with Gasteiger partial charge in [0.2, 0.25) is 10.5 Å². The molecule has 1 aromatic carbocycles. The van der Waals surface area contributed by atoms with E-state index in [0.29, 0.717) is 24.4 Å². The first kappa shape index (κ1) is 30.5. The zero-order valence-corrected chi connectivity index (χ0v) is 26.6. The lowest BCUT2D eigenvalue weighted by Gasteiger charge is -2.50. The highest BCUT2D eigenvalue weighted by Gasteiger charge is 2.51. The number of benzene rings is 1. The second kappa shape index (κ2) is 11.3. The van der Waals surface area contributed by atoms with Crippen LogP contribution in [-0.4, -0.2) is 37.3 Å². The largest absolute Gasteiger partial charge is 0.416 e. The lowest BCUT2D eigenvalue weighted by molar-refractivity contribution is 0.0105. The minimum atomic E-state index is -1.77. The Morgan fingerprint density at radius 2 is 1.54 bits per heavy atom. The SMILES string of the molecule is CC[Si](CC)(CC)OCC1(C)Cc2cc(C)c(C(C(C)C)(C(C)C)C(O[Si])C(C)C)c(C)c2C1=O. The summed E-state index contributed by atoms with van der Waals surface area (Å²) in [5, 5.41) is 0. The fraction of sp³-hybridized carbons (Fsp3) is 0.767. The van der Waals surface area contributed by atoms with Crippen LogP contribution in [0.25, 0.3) is 0 Å². The lowest BCUT2D eigenvalue weighted by atomic mass is 9.57. The van der Waals surface area contributed by atoms with Gasteiger partial charge in [0.1, 0.15) is 0 Å². The molecule has 197 valence electrons. The first-order chi connectivity index (χ1) is 16.2. The van der Waals surface area contributed by atoms with E-state index in [0.717, 1.165) is 35.7 Å². The first-order valence-electron chi connectivity index (χ1n) is 13.9. The number of hydrogen-bond acceptors (Lipinski definition) is 3. The van der Waals surface area contributed by atoms with Crippen LogP contribution in [0.4, 0.5) is 0 Å². The van der Waals surface area contributed by atoms with E-state index in [9.17, 15) is 4.79 Å². The molecule has 0 amide bonds. The van der Waals surface area contributed by atoms with Crippen molar-refractivity contribution in [3.8, 4) is 0 Å². The Kier molecular flexibility index (Phi) is 9.86. The number of hydrogen-bond donors (Lipinski definition) is 0. The standard InChI is InChI=1S/C30H51O3Si2/c1-13-35(14-2,15-3)32-18-29(12)17-24-16-22(10)26(23(11)25(24)27(29)31)30(20(6)7,21(8)9)28(33-34)19(4)5/h16,19-21,28H,13-15,17-18H2,1-12H3. The molecule has 5 heteroatoms. The maximum atomic E-state index is 14.1. The number of aryl methyl sites for hydroxylation is 1. The summed E-state index contributed by atoms with van der Waals surface area (Å²) in [6, 6.07) is 5.62. The van der Waals surface area contributed by atoms with Gasteiger partial charge in [-0.25, -0.2) is 0 Å². The van der Waals surface area contributed by atoms with Crippen LogP contribution in [0.15, 0.2) is 6.07 Å². The van der Waals surface area contributed by atoms with Gasteiger partial charge in [-0.3, -0.25) is 4.79 Å². The van der Waals surface area contributed by atoms with E-state index in [1.165, 1.54) is 16.7 Å². The van der Waals surface area contributed by atoms with E-state index in [-0.39, 0.29) is 17.3 Å². The monoisotopic (exact) mass is 515 g/mol. The van der Waals surface area contributed by atoms with Gasteiger partial charge in [-0.1, -0.05) is 68.4 Å². The zero-order chi connectivity index (χ0) is 26.9. The molecule has 35 heavy (non-hydrogen) atoms. The highest BCUT2D eigenvalue weighted by atomic mass is 28.4. The molecule has 0 bridgehead atoms. The topological polar surface area (TPSA) is 35.5 Å². The molecule has 1 aromatic rings. The van der Waals surface area contributed by atoms with E-state index >= 15 is 0 Å². The van der Waals surface area contributed by atoms with Crippen LogP contribution in [0.1, 0.15) is 102 Å². The quantitative estimate of drug-likeness (QED) is 0.267. The highest BCUT2D eigenvalue weighted by molar-refractivity contribution is 6.73. The summed E-state index contributed by atoms with van der Waals surface area (Å²) in [4.78, 5) is 14.1. The third-order valence-electron chi connectivity index (χ3n) is 9.39. The number of fused-ring (bicyclic) bond motifs is 1. The van der Waals surface area contributed by atoms with Crippen molar-refractivity contribution in [2.75, 3.05) is 6.61 Å². The van der Waals surface area contributed by atoms with E-state index in [1.54, 1.807) is 0 Å². The molecule has 1 aliphatic rings. The van der Waals surface area contributed by atoms with Gasteiger partial charge in [-0.15, -0.1) is 0 Å². The van der Waals surface area contributed by atoms with Gasteiger partial charge >= 0.3 is 0 Å². The number of rotatable bonds is 12. The van der Waals surface area contributed by atoms with Crippen LogP contribution in [0.5, 0.6) is 0 Å². The van der Waals surface area contributed by atoms with Crippen LogP contribution in [0.3, 0.4) is 0 Å². The van der Waals surface area contributed by atoms with Gasteiger partial charge in [0, 0.05) is 17.6 Å². The average Bonchev–Trinajstić information content (AvgIpc) is 3.03. The second-order valence-corrected chi connectivity index (χ2v) is 17.4. The molecule has 1 aliphatic carbocycles. The molecule has 2 rings (SSSR count). The predicted molar refractivity (Wildman–Crippen MR) is 152 cm³/mol. The smallest absolute Gasteiger partial charge is 0.246 e. The van der Waals surface area contributed by atoms with E-state index in [2.05, 4.69) is 99.6 Å². The fourth-order valence-electron chi connectivity index (χ4n) is 7.31. The maximum Gasteiger partial charge on any atom is 0.246 e. The molecular formula is C30H51O3Si2. The van der Waals surface area contributed by atoms with Crippen molar-refractivity contribution in [3.63, 3.8) is 0 Å². The normalized spacial score (nSPS) is 19.8. The van der Waals surface area contributed by atoms with Gasteiger partial charge in [-0.05, 0) is 85.3 Å². The number of ketones is 1. The zero-order valence-electron chi connectivity index (χ0n) is 24.6. The minimum absolute atomic E-state index is 0.0221. The van der Waals surface area contributed by atoms with Gasteiger partial charge in [0.25, 0.3) is 0 Å². The van der Waals surface area contributed by atoms with Crippen molar-refractivity contribution in [2.24, 2.45) is 23.2 Å². The second-order valence-electron chi connectivity index (χ2n) is 12.4. The van der Waals surface area contributed by atoms with Crippen LogP contribution >= 0.6 is 0 Å². The maximum absolute atomic E-state index is 14.1. The third-order valence-corrected chi connectivity index (χ3v) is 14.3. The van der Waals surface area contributed by atoms with Crippen molar-refractivity contribution >= 4 is 24.6 Å². The van der Waals surface area contributed by atoms with Crippen LogP contribution in [0, 0.1) is 37.0 Å². The molecular weight excluding hydrogens is 464 g/mol. The molecule has 2 atom stereocenters. The Balaban J connectivity index is 2.69. The third kappa shape index (κ3) is 5.04. The number of carbonyl (C=O) groups is 1. The lowest BCUT2D eigenvalue weighted by Crippen LogP contribution is -2.53. The van der Waals surface area contributed by atoms with Crippen LogP contribution in [0.2, 0.25) is 18.1 Å². The van der Waals surface area contributed by atoms with E-state index < -0.39 is 13.7 Å². The highest BCUT2D eigenvalue weighted by Crippen LogP contribution is 2.51. The Morgan fingerprint density at radius 3 is 1.94 bits per heavy atom.